The summed E-state index contributed by atoms with van der Waals surface area (Å²) in [6.07, 6.45) is 41.4. The molecule has 0 aromatic carbocycles. The van der Waals surface area contributed by atoms with E-state index in [0.717, 1.165) is 45.4 Å². The predicted molar refractivity (Wildman–Crippen MR) is 195 cm³/mol. The normalized spacial score (nSPS) is 11.5. The van der Waals surface area contributed by atoms with Gasteiger partial charge < -0.3 is 21.1 Å². The third-order valence-electron chi connectivity index (χ3n) is 9.12. The summed E-state index contributed by atoms with van der Waals surface area (Å²) in [7, 11) is 0. The van der Waals surface area contributed by atoms with E-state index in [0.29, 0.717) is 6.42 Å². The first kappa shape index (κ1) is 43.4. The number of carboxylic acids is 1. The lowest BCUT2D eigenvalue weighted by atomic mass is 10.0. The highest BCUT2D eigenvalue weighted by atomic mass is 16.4. The molecule has 0 atom stereocenters. The minimum Gasteiger partial charge on any atom is -0.481 e. The van der Waals surface area contributed by atoms with Crippen LogP contribution in [-0.2, 0) is 4.79 Å². The average molecular weight is 624 g/mol. The largest absolute Gasteiger partial charge is 0.481 e. The SMILES string of the molecule is CCCCCCCCCCCCCCCCCCCCCCCNCCCCNCCCCCCNCCCCCC(=O)O. The van der Waals surface area contributed by atoms with Crippen LogP contribution in [0.5, 0.6) is 0 Å². The molecule has 0 rings (SSSR count). The molecule has 0 aliphatic carbocycles. The van der Waals surface area contributed by atoms with E-state index in [4.69, 9.17) is 5.11 Å². The molecule has 0 radical (unpaired) electrons. The Kier molecular flexibility index (Phi) is 39.8. The molecular formula is C39H81N3O2. The zero-order valence-corrected chi connectivity index (χ0v) is 30.0. The van der Waals surface area contributed by atoms with Gasteiger partial charge in [-0.2, -0.15) is 0 Å². The van der Waals surface area contributed by atoms with E-state index < -0.39 is 5.97 Å². The van der Waals surface area contributed by atoms with Crippen LogP contribution in [0.4, 0.5) is 0 Å². The molecule has 0 unspecified atom stereocenters. The third-order valence-corrected chi connectivity index (χ3v) is 9.12. The molecule has 0 heterocycles. The van der Waals surface area contributed by atoms with Gasteiger partial charge in [-0.1, -0.05) is 155 Å². The van der Waals surface area contributed by atoms with Gasteiger partial charge in [0.15, 0.2) is 0 Å². The van der Waals surface area contributed by atoms with Crippen molar-refractivity contribution in [2.75, 3.05) is 39.3 Å². The van der Waals surface area contributed by atoms with E-state index in [1.165, 1.54) is 186 Å². The Bertz CT molecular complexity index is 531. The molecule has 0 saturated carbocycles. The first-order valence-corrected chi connectivity index (χ1v) is 20.1. The van der Waals surface area contributed by atoms with Crippen molar-refractivity contribution in [3.05, 3.63) is 0 Å². The standard InChI is InChI=1S/C39H81N3O2/c1-2-3-4-5-6-7-8-9-10-11-12-13-14-15-16-17-18-19-20-21-26-33-41-37-30-31-38-42-35-28-23-22-27-34-40-36-29-24-25-32-39(43)44/h40-42H,2-38H2,1H3,(H,43,44). The van der Waals surface area contributed by atoms with Gasteiger partial charge in [0.2, 0.25) is 0 Å². The molecule has 264 valence electrons. The predicted octanol–water partition coefficient (Wildman–Crippen LogP) is 11.0. The maximum atomic E-state index is 10.5. The highest BCUT2D eigenvalue weighted by Gasteiger charge is 1.98. The molecule has 5 nitrogen and oxygen atoms in total. The Labute approximate surface area is 276 Å². The molecule has 0 aromatic rings. The lowest BCUT2D eigenvalue weighted by Gasteiger charge is -2.07. The first-order chi connectivity index (χ1) is 21.8. The van der Waals surface area contributed by atoms with Crippen molar-refractivity contribution >= 4 is 5.97 Å². The fourth-order valence-electron chi connectivity index (χ4n) is 6.11. The molecule has 0 fully saturated rings. The van der Waals surface area contributed by atoms with Gasteiger partial charge >= 0.3 is 5.97 Å². The van der Waals surface area contributed by atoms with Gasteiger partial charge in [0.1, 0.15) is 0 Å². The van der Waals surface area contributed by atoms with E-state index >= 15 is 0 Å². The maximum Gasteiger partial charge on any atom is 0.303 e. The lowest BCUT2D eigenvalue weighted by molar-refractivity contribution is -0.137. The summed E-state index contributed by atoms with van der Waals surface area (Å²) in [5.74, 6) is -0.675. The van der Waals surface area contributed by atoms with Crippen molar-refractivity contribution in [2.24, 2.45) is 0 Å². The van der Waals surface area contributed by atoms with E-state index in [1.807, 2.05) is 0 Å². The summed E-state index contributed by atoms with van der Waals surface area (Å²) < 4.78 is 0. The molecule has 0 bridgehead atoms. The highest BCUT2D eigenvalue weighted by molar-refractivity contribution is 5.66. The molecule has 0 spiro atoms. The zero-order chi connectivity index (χ0) is 31.9. The van der Waals surface area contributed by atoms with Gasteiger partial charge in [-0.3, -0.25) is 4.79 Å². The molecule has 5 heteroatoms. The summed E-state index contributed by atoms with van der Waals surface area (Å²) >= 11 is 0. The summed E-state index contributed by atoms with van der Waals surface area (Å²) in [4.78, 5) is 10.5. The lowest BCUT2D eigenvalue weighted by Crippen LogP contribution is -2.20. The molecule has 0 saturated heterocycles. The van der Waals surface area contributed by atoms with Gasteiger partial charge in [0.25, 0.3) is 0 Å². The Morgan fingerprint density at radius 2 is 0.545 bits per heavy atom. The van der Waals surface area contributed by atoms with E-state index in [1.54, 1.807) is 0 Å². The van der Waals surface area contributed by atoms with Crippen LogP contribution in [0, 0.1) is 0 Å². The minimum absolute atomic E-state index is 0.310. The summed E-state index contributed by atoms with van der Waals surface area (Å²) in [6.45, 7) is 9.11. The van der Waals surface area contributed by atoms with Crippen molar-refractivity contribution in [2.45, 2.75) is 206 Å². The van der Waals surface area contributed by atoms with Crippen LogP contribution in [0.15, 0.2) is 0 Å². The molecule has 0 aromatic heterocycles. The van der Waals surface area contributed by atoms with Crippen molar-refractivity contribution in [1.29, 1.82) is 0 Å². The highest BCUT2D eigenvalue weighted by Crippen LogP contribution is 2.15. The molecule has 4 N–H and O–H groups in total. The van der Waals surface area contributed by atoms with Gasteiger partial charge in [0.05, 0.1) is 0 Å². The average Bonchev–Trinajstić information content (AvgIpc) is 3.02. The molecule has 44 heavy (non-hydrogen) atoms. The zero-order valence-electron chi connectivity index (χ0n) is 30.0. The number of aliphatic carboxylic acids is 1. The van der Waals surface area contributed by atoms with Crippen LogP contribution >= 0.6 is 0 Å². The number of hydrogen-bond acceptors (Lipinski definition) is 4. The molecular weight excluding hydrogens is 542 g/mol. The topological polar surface area (TPSA) is 73.4 Å². The second-order valence-corrected chi connectivity index (χ2v) is 13.6. The van der Waals surface area contributed by atoms with Crippen LogP contribution < -0.4 is 16.0 Å². The van der Waals surface area contributed by atoms with Crippen molar-refractivity contribution < 1.29 is 9.90 Å². The first-order valence-electron chi connectivity index (χ1n) is 20.1. The second-order valence-electron chi connectivity index (χ2n) is 13.6. The monoisotopic (exact) mass is 624 g/mol. The fourth-order valence-corrected chi connectivity index (χ4v) is 6.11. The second kappa shape index (κ2) is 40.4. The maximum absolute atomic E-state index is 10.5. The summed E-state index contributed by atoms with van der Waals surface area (Å²) in [5, 5.41) is 19.4. The van der Waals surface area contributed by atoms with Crippen molar-refractivity contribution in [1.82, 2.24) is 16.0 Å². The number of carbonyl (C=O) groups is 1. The number of unbranched alkanes of at least 4 members (excludes halogenated alkanes) is 26. The third kappa shape index (κ3) is 41.4. The molecule has 0 aliphatic heterocycles. The van der Waals surface area contributed by atoms with Crippen molar-refractivity contribution in [3.63, 3.8) is 0 Å². The smallest absolute Gasteiger partial charge is 0.303 e. The number of nitrogens with one attached hydrogen (secondary N) is 3. The number of rotatable bonds is 40. The van der Waals surface area contributed by atoms with Crippen LogP contribution in [0.3, 0.4) is 0 Å². The van der Waals surface area contributed by atoms with Crippen LogP contribution in [0.1, 0.15) is 206 Å². The summed E-state index contributed by atoms with van der Waals surface area (Å²) in [6, 6.07) is 0. The van der Waals surface area contributed by atoms with Gasteiger partial charge in [0, 0.05) is 6.42 Å². The quantitative estimate of drug-likeness (QED) is 0.0511. The minimum atomic E-state index is -0.675. The van der Waals surface area contributed by atoms with E-state index in [2.05, 4.69) is 22.9 Å². The van der Waals surface area contributed by atoms with E-state index in [-0.39, 0.29) is 0 Å². The molecule has 0 amide bonds. The molecule has 0 aliphatic rings. The Morgan fingerprint density at radius 1 is 0.341 bits per heavy atom. The van der Waals surface area contributed by atoms with Crippen LogP contribution in [-0.4, -0.2) is 50.3 Å². The van der Waals surface area contributed by atoms with Gasteiger partial charge in [-0.25, -0.2) is 0 Å². The van der Waals surface area contributed by atoms with Gasteiger partial charge in [-0.05, 0) is 84.2 Å². The van der Waals surface area contributed by atoms with Crippen LogP contribution in [0.2, 0.25) is 0 Å². The fraction of sp³-hybridized carbons (Fsp3) is 0.974. The Morgan fingerprint density at radius 3 is 0.795 bits per heavy atom. The Balaban J connectivity index is 3.04. The van der Waals surface area contributed by atoms with Crippen molar-refractivity contribution in [3.8, 4) is 0 Å². The summed E-state index contributed by atoms with van der Waals surface area (Å²) in [5.41, 5.74) is 0. The van der Waals surface area contributed by atoms with E-state index in [9.17, 15) is 4.79 Å². The number of hydrogen-bond donors (Lipinski definition) is 4. The van der Waals surface area contributed by atoms with Crippen LogP contribution in [0.25, 0.3) is 0 Å². The number of carboxylic acid groups (broad SMARTS) is 1. The van der Waals surface area contributed by atoms with Gasteiger partial charge in [-0.15, -0.1) is 0 Å². The Hall–Kier alpha value is -0.650.